The highest BCUT2D eigenvalue weighted by molar-refractivity contribution is 5.31. The van der Waals surface area contributed by atoms with Crippen molar-refractivity contribution < 1.29 is 0 Å². The van der Waals surface area contributed by atoms with Gasteiger partial charge in [0.25, 0.3) is 0 Å². The first kappa shape index (κ1) is 13.6. The summed E-state index contributed by atoms with van der Waals surface area (Å²) < 4.78 is 0. The van der Waals surface area contributed by atoms with Crippen LogP contribution in [-0.2, 0) is 0 Å². The number of nitrogens with one attached hydrogen (secondary N) is 1. The van der Waals surface area contributed by atoms with E-state index in [0.717, 1.165) is 17.9 Å². The molecule has 0 unspecified atom stereocenters. The van der Waals surface area contributed by atoms with Crippen LogP contribution < -0.4 is 5.32 Å². The lowest BCUT2D eigenvalue weighted by Gasteiger charge is -2.38. The van der Waals surface area contributed by atoms with Crippen molar-refractivity contribution >= 4 is 0 Å². The van der Waals surface area contributed by atoms with Crippen LogP contribution in [0.3, 0.4) is 0 Å². The number of rotatable bonds is 6. The Kier molecular flexibility index (Phi) is 4.82. The quantitative estimate of drug-likeness (QED) is 0.789. The molecule has 0 aliphatic heterocycles. The van der Waals surface area contributed by atoms with Gasteiger partial charge in [0, 0.05) is 6.04 Å². The molecule has 1 heteroatoms. The van der Waals surface area contributed by atoms with Gasteiger partial charge < -0.3 is 5.32 Å². The van der Waals surface area contributed by atoms with E-state index >= 15 is 0 Å². The Labute approximate surface area is 112 Å². The van der Waals surface area contributed by atoms with E-state index < -0.39 is 0 Å². The van der Waals surface area contributed by atoms with Crippen molar-refractivity contribution in [2.24, 2.45) is 5.92 Å². The lowest BCUT2D eigenvalue weighted by Crippen LogP contribution is -2.42. The van der Waals surface area contributed by atoms with Crippen LogP contribution in [0, 0.1) is 12.8 Å². The first-order valence-electron chi connectivity index (χ1n) is 7.53. The van der Waals surface area contributed by atoms with Gasteiger partial charge in [-0.15, -0.1) is 0 Å². The van der Waals surface area contributed by atoms with E-state index in [1.165, 1.54) is 37.8 Å². The normalized spacial score (nSPS) is 23.1. The van der Waals surface area contributed by atoms with Gasteiger partial charge in [-0.1, -0.05) is 51.0 Å². The average Bonchev–Trinajstić information content (AvgIpc) is 2.34. The second-order valence-electron chi connectivity index (χ2n) is 5.81. The molecular weight excluding hydrogens is 218 g/mol. The zero-order valence-corrected chi connectivity index (χ0v) is 12.1. The van der Waals surface area contributed by atoms with Gasteiger partial charge in [-0.3, -0.25) is 0 Å². The molecule has 0 spiro atoms. The zero-order chi connectivity index (χ0) is 13.0. The molecule has 0 bridgehead atoms. The van der Waals surface area contributed by atoms with E-state index in [2.05, 4.69) is 50.4 Å². The lowest BCUT2D eigenvalue weighted by molar-refractivity contribution is 0.271. The van der Waals surface area contributed by atoms with Crippen LogP contribution in [0.1, 0.15) is 56.6 Å². The summed E-state index contributed by atoms with van der Waals surface area (Å²) in [5, 5.41) is 3.74. The molecule has 0 aromatic heterocycles. The van der Waals surface area contributed by atoms with Gasteiger partial charge in [-0.25, -0.2) is 0 Å². The number of aryl methyl sites for hydroxylation is 1. The maximum atomic E-state index is 3.74. The molecule has 100 valence electrons. The predicted molar refractivity (Wildman–Crippen MR) is 79.0 cm³/mol. The Hall–Kier alpha value is -0.820. The van der Waals surface area contributed by atoms with Crippen molar-refractivity contribution in [3.8, 4) is 0 Å². The van der Waals surface area contributed by atoms with E-state index in [4.69, 9.17) is 0 Å². The van der Waals surface area contributed by atoms with Crippen LogP contribution in [0.4, 0.5) is 0 Å². The van der Waals surface area contributed by atoms with E-state index in [9.17, 15) is 0 Å². The molecule has 1 aromatic rings. The first-order valence-corrected chi connectivity index (χ1v) is 7.53. The molecule has 18 heavy (non-hydrogen) atoms. The van der Waals surface area contributed by atoms with Gasteiger partial charge in [-0.05, 0) is 49.3 Å². The summed E-state index contributed by atoms with van der Waals surface area (Å²) in [6, 6.07) is 9.61. The average molecular weight is 245 g/mol. The summed E-state index contributed by atoms with van der Waals surface area (Å²) in [5.74, 6) is 1.66. The molecule has 2 rings (SSSR count). The maximum absolute atomic E-state index is 3.74. The second kappa shape index (κ2) is 6.38. The SMILES string of the molecule is CCC(CC)CNC1CC(c2ccccc2C)C1. The monoisotopic (exact) mass is 245 g/mol. The van der Waals surface area contributed by atoms with E-state index in [1.807, 2.05) is 0 Å². The molecule has 1 N–H and O–H groups in total. The molecule has 0 radical (unpaired) electrons. The smallest absolute Gasteiger partial charge is 0.00788 e. The topological polar surface area (TPSA) is 12.0 Å². The van der Waals surface area contributed by atoms with Crippen molar-refractivity contribution in [1.29, 1.82) is 0 Å². The minimum atomic E-state index is 0.759. The Balaban J connectivity index is 1.76. The van der Waals surface area contributed by atoms with Gasteiger partial charge in [0.1, 0.15) is 0 Å². The van der Waals surface area contributed by atoms with Crippen molar-refractivity contribution in [1.82, 2.24) is 5.32 Å². The molecule has 0 atom stereocenters. The van der Waals surface area contributed by atoms with Crippen LogP contribution in [-0.4, -0.2) is 12.6 Å². The molecule has 0 saturated heterocycles. The van der Waals surface area contributed by atoms with Crippen LogP contribution >= 0.6 is 0 Å². The van der Waals surface area contributed by atoms with Crippen LogP contribution in [0.25, 0.3) is 0 Å². The van der Waals surface area contributed by atoms with Crippen LogP contribution in [0.15, 0.2) is 24.3 Å². The molecule has 0 amide bonds. The van der Waals surface area contributed by atoms with Crippen LogP contribution in [0.2, 0.25) is 0 Å². The van der Waals surface area contributed by atoms with Crippen molar-refractivity contribution in [2.75, 3.05) is 6.54 Å². The van der Waals surface area contributed by atoms with E-state index in [0.29, 0.717) is 0 Å². The molecule has 1 aliphatic carbocycles. The van der Waals surface area contributed by atoms with Gasteiger partial charge in [0.15, 0.2) is 0 Å². The Morgan fingerprint density at radius 1 is 1.17 bits per heavy atom. The first-order chi connectivity index (χ1) is 8.74. The van der Waals surface area contributed by atoms with Gasteiger partial charge in [-0.2, -0.15) is 0 Å². The second-order valence-corrected chi connectivity index (χ2v) is 5.81. The third kappa shape index (κ3) is 3.14. The summed E-state index contributed by atoms with van der Waals surface area (Å²) in [5.41, 5.74) is 3.03. The molecular formula is C17H27N. The zero-order valence-electron chi connectivity index (χ0n) is 12.1. The number of hydrogen-bond donors (Lipinski definition) is 1. The largest absolute Gasteiger partial charge is 0.314 e. The minimum absolute atomic E-state index is 0.759. The molecule has 0 heterocycles. The standard InChI is InChI=1S/C17H27N/c1-4-14(5-2)12-18-16-10-15(11-16)17-9-7-6-8-13(17)3/h6-9,14-16,18H,4-5,10-12H2,1-3H3. The van der Waals surface area contributed by atoms with Gasteiger partial charge >= 0.3 is 0 Å². The van der Waals surface area contributed by atoms with E-state index in [-0.39, 0.29) is 0 Å². The molecule has 1 fully saturated rings. The van der Waals surface area contributed by atoms with Crippen molar-refractivity contribution in [3.05, 3.63) is 35.4 Å². The number of hydrogen-bond acceptors (Lipinski definition) is 1. The summed E-state index contributed by atoms with van der Waals surface area (Å²) >= 11 is 0. The molecule has 1 aromatic carbocycles. The molecule has 1 aliphatic rings. The highest BCUT2D eigenvalue weighted by atomic mass is 14.9. The van der Waals surface area contributed by atoms with E-state index in [1.54, 1.807) is 5.56 Å². The third-order valence-corrected chi connectivity index (χ3v) is 4.62. The predicted octanol–water partition coefficient (Wildman–Crippen LogP) is 4.27. The summed E-state index contributed by atoms with van der Waals surface area (Å²) in [6.07, 6.45) is 5.25. The highest BCUT2D eigenvalue weighted by Crippen LogP contribution is 2.38. The number of benzene rings is 1. The molecule has 1 saturated carbocycles. The highest BCUT2D eigenvalue weighted by Gasteiger charge is 2.30. The fourth-order valence-electron chi connectivity index (χ4n) is 2.99. The van der Waals surface area contributed by atoms with Gasteiger partial charge in [0.05, 0.1) is 0 Å². The summed E-state index contributed by atoms with van der Waals surface area (Å²) in [6.45, 7) is 8.04. The third-order valence-electron chi connectivity index (χ3n) is 4.62. The minimum Gasteiger partial charge on any atom is -0.314 e. The Morgan fingerprint density at radius 2 is 1.83 bits per heavy atom. The van der Waals surface area contributed by atoms with Gasteiger partial charge in [0.2, 0.25) is 0 Å². The fourth-order valence-corrected chi connectivity index (χ4v) is 2.99. The van der Waals surface area contributed by atoms with Crippen molar-refractivity contribution in [2.45, 2.75) is 58.4 Å². The Bertz CT molecular complexity index is 362. The molecule has 1 nitrogen and oxygen atoms in total. The van der Waals surface area contributed by atoms with Crippen molar-refractivity contribution in [3.63, 3.8) is 0 Å². The summed E-state index contributed by atoms with van der Waals surface area (Å²) in [7, 11) is 0. The summed E-state index contributed by atoms with van der Waals surface area (Å²) in [4.78, 5) is 0. The lowest BCUT2D eigenvalue weighted by atomic mass is 9.74. The maximum Gasteiger partial charge on any atom is 0.00788 e. The fraction of sp³-hybridized carbons (Fsp3) is 0.647. The van der Waals surface area contributed by atoms with Crippen LogP contribution in [0.5, 0.6) is 0 Å². The Morgan fingerprint density at radius 3 is 2.44 bits per heavy atom.